The van der Waals surface area contributed by atoms with Crippen LogP contribution in [0.25, 0.3) is 0 Å². The first-order valence-corrected chi connectivity index (χ1v) is 4.18. The lowest BCUT2D eigenvalue weighted by Gasteiger charge is -2.14. The number of nitrogens with one attached hydrogen (secondary N) is 1. The molecule has 1 atom stereocenters. The average molecular weight is 182 g/mol. The van der Waals surface area contributed by atoms with Crippen LogP contribution >= 0.6 is 0 Å². The molecule has 0 aliphatic carbocycles. The quantitative estimate of drug-likeness (QED) is 0.496. The Kier molecular flexibility index (Phi) is 4.31. The van der Waals surface area contributed by atoms with Crippen LogP contribution < -0.4 is 11.3 Å². The summed E-state index contributed by atoms with van der Waals surface area (Å²) in [6.07, 6.45) is 3.17. The van der Waals surface area contributed by atoms with Crippen molar-refractivity contribution in [3.05, 3.63) is 24.3 Å². The highest BCUT2D eigenvalue weighted by atomic mass is 16.5. The fourth-order valence-electron chi connectivity index (χ4n) is 0.962. The zero-order chi connectivity index (χ0) is 9.52. The third-order valence-corrected chi connectivity index (χ3v) is 1.65. The molecule has 3 N–H and O–H groups in total. The summed E-state index contributed by atoms with van der Waals surface area (Å²) < 4.78 is 5.24. The first kappa shape index (κ1) is 10.0. The molecule has 5 heteroatoms. The molecule has 0 fully saturated rings. The molecule has 5 nitrogen and oxygen atoms in total. The number of aromatic nitrogens is 2. The summed E-state index contributed by atoms with van der Waals surface area (Å²) in [5, 5.41) is 0. The summed E-state index contributed by atoms with van der Waals surface area (Å²) >= 11 is 0. The SMILES string of the molecule is CCOCC(NN)c1ccncn1. The van der Waals surface area contributed by atoms with E-state index in [-0.39, 0.29) is 6.04 Å². The lowest BCUT2D eigenvalue weighted by Crippen LogP contribution is -2.32. The van der Waals surface area contributed by atoms with E-state index in [1.807, 2.05) is 13.0 Å². The number of hydrogen-bond donors (Lipinski definition) is 2. The van der Waals surface area contributed by atoms with E-state index in [2.05, 4.69) is 15.4 Å². The Morgan fingerprint density at radius 3 is 3.08 bits per heavy atom. The molecule has 1 unspecified atom stereocenters. The molecule has 0 spiro atoms. The van der Waals surface area contributed by atoms with Crippen molar-refractivity contribution >= 4 is 0 Å². The van der Waals surface area contributed by atoms with Crippen molar-refractivity contribution < 1.29 is 4.74 Å². The minimum absolute atomic E-state index is 0.0667. The smallest absolute Gasteiger partial charge is 0.115 e. The van der Waals surface area contributed by atoms with Crippen molar-refractivity contribution in [1.29, 1.82) is 0 Å². The second-order valence-corrected chi connectivity index (χ2v) is 2.51. The molecule has 0 bridgehead atoms. The van der Waals surface area contributed by atoms with Crippen molar-refractivity contribution in [3.8, 4) is 0 Å². The summed E-state index contributed by atoms with van der Waals surface area (Å²) in [6, 6.07) is 1.74. The van der Waals surface area contributed by atoms with E-state index in [0.717, 1.165) is 5.69 Å². The van der Waals surface area contributed by atoms with Gasteiger partial charge in [0.05, 0.1) is 18.3 Å². The molecule has 0 saturated carbocycles. The van der Waals surface area contributed by atoms with Crippen molar-refractivity contribution in [2.24, 2.45) is 5.84 Å². The monoisotopic (exact) mass is 182 g/mol. The van der Waals surface area contributed by atoms with E-state index in [1.54, 1.807) is 6.20 Å². The first-order valence-electron chi connectivity index (χ1n) is 4.18. The van der Waals surface area contributed by atoms with Crippen LogP contribution in [-0.4, -0.2) is 23.2 Å². The molecular formula is C8H14N4O. The Hall–Kier alpha value is -1.04. The Bertz CT molecular complexity index is 229. The summed E-state index contributed by atoms with van der Waals surface area (Å²) in [7, 11) is 0. The maximum atomic E-state index is 5.36. The van der Waals surface area contributed by atoms with Gasteiger partial charge in [-0.3, -0.25) is 5.84 Å². The second kappa shape index (κ2) is 5.58. The zero-order valence-electron chi connectivity index (χ0n) is 7.60. The zero-order valence-corrected chi connectivity index (χ0v) is 7.60. The van der Waals surface area contributed by atoms with Gasteiger partial charge in [0, 0.05) is 12.8 Å². The van der Waals surface area contributed by atoms with E-state index in [1.165, 1.54) is 6.33 Å². The molecule has 0 radical (unpaired) electrons. The summed E-state index contributed by atoms with van der Waals surface area (Å²) in [4.78, 5) is 7.89. The molecule has 0 aliphatic heterocycles. The Labute approximate surface area is 77.3 Å². The van der Waals surface area contributed by atoms with Gasteiger partial charge in [-0.1, -0.05) is 0 Å². The van der Waals surface area contributed by atoms with Gasteiger partial charge in [0.15, 0.2) is 0 Å². The number of hydrazine groups is 1. The number of ether oxygens (including phenoxy) is 1. The molecule has 1 rings (SSSR count). The standard InChI is InChI=1S/C8H14N4O/c1-2-13-5-8(12-9)7-3-4-10-6-11-7/h3-4,6,8,12H,2,5,9H2,1H3. The molecule has 0 saturated heterocycles. The normalized spacial score (nSPS) is 12.8. The van der Waals surface area contributed by atoms with E-state index in [9.17, 15) is 0 Å². The van der Waals surface area contributed by atoms with Crippen LogP contribution in [0.4, 0.5) is 0 Å². The molecule has 0 aromatic carbocycles. The predicted molar refractivity (Wildman–Crippen MR) is 48.6 cm³/mol. The number of nitrogens with zero attached hydrogens (tertiary/aromatic N) is 2. The van der Waals surface area contributed by atoms with Gasteiger partial charge in [-0.15, -0.1) is 0 Å². The van der Waals surface area contributed by atoms with Gasteiger partial charge in [0.25, 0.3) is 0 Å². The molecular weight excluding hydrogens is 168 g/mol. The average Bonchev–Trinajstić information content (AvgIpc) is 2.21. The molecule has 72 valence electrons. The topological polar surface area (TPSA) is 73.1 Å². The summed E-state index contributed by atoms with van der Waals surface area (Å²) in [5.41, 5.74) is 3.48. The fraction of sp³-hybridized carbons (Fsp3) is 0.500. The van der Waals surface area contributed by atoms with Crippen LogP contribution in [0.1, 0.15) is 18.7 Å². The molecule has 0 aliphatic rings. The van der Waals surface area contributed by atoms with E-state index in [0.29, 0.717) is 13.2 Å². The minimum Gasteiger partial charge on any atom is -0.380 e. The van der Waals surface area contributed by atoms with Gasteiger partial charge < -0.3 is 4.74 Å². The lowest BCUT2D eigenvalue weighted by atomic mass is 10.2. The van der Waals surface area contributed by atoms with Crippen LogP contribution in [-0.2, 0) is 4.74 Å². The Morgan fingerprint density at radius 2 is 2.54 bits per heavy atom. The third-order valence-electron chi connectivity index (χ3n) is 1.65. The van der Waals surface area contributed by atoms with Gasteiger partial charge in [-0.2, -0.15) is 0 Å². The maximum absolute atomic E-state index is 5.36. The number of nitrogens with two attached hydrogens (primary N) is 1. The van der Waals surface area contributed by atoms with Gasteiger partial charge >= 0.3 is 0 Å². The van der Waals surface area contributed by atoms with Crippen LogP contribution in [0.15, 0.2) is 18.6 Å². The maximum Gasteiger partial charge on any atom is 0.115 e. The van der Waals surface area contributed by atoms with Gasteiger partial charge in [0.2, 0.25) is 0 Å². The Balaban J connectivity index is 2.56. The largest absolute Gasteiger partial charge is 0.380 e. The van der Waals surface area contributed by atoms with Crippen molar-refractivity contribution in [2.45, 2.75) is 13.0 Å². The van der Waals surface area contributed by atoms with E-state index < -0.39 is 0 Å². The molecule has 1 aromatic rings. The second-order valence-electron chi connectivity index (χ2n) is 2.51. The molecule has 1 heterocycles. The summed E-state index contributed by atoms with van der Waals surface area (Å²) in [5.74, 6) is 5.36. The van der Waals surface area contributed by atoms with Crippen LogP contribution in [0.3, 0.4) is 0 Å². The van der Waals surface area contributed by atoms with Crippen LogP contribution in [0.5, 0.6) is 0 Å². The highest BCUT2D eigenvalue weighted by molar-refractivity contribution is 5.04. The van der Waals surface area contributed by atoms with E-state index >= 15 is 0 Å². The van der Waals surface area contributed by atoms with Gasteiger partial charge in [-0.25, -0.2) is 15.4 Å². The van der Waals surface area contributed by atoms with Crippen LogP contribution in [0, 0.1) is 0 Å². The number of rotatable bonds is 5. The molecule has 1 aromatic heterocycles. The minimum atomic E-state index is -0.0667. The highest BCUT2D eigenvalue weighted by Gasteiger charge is 2.09. The van der Waals surface area contributed by atoms with Crippen molar-refractivity contribution in [3.63, 3.8) is 0 Å². The molecule has 0 amide bonds. The van der Waals surface area contributed by atoms with E-state index in [4.69, 9.17) is 10.6 Å². The van der Waals surface area contributed by atoms with Gasteiger partial charge in [-0.05, 0) is 13.0 Å². The third kappa shape index (κ3) is 3.06. The molecule has 13 heavy (non-hydrogen) atoms. The Morgan fingerprint density at radius 1 is 1.69 bits per heavy atom. The number of hydrogen-bond acceptors (Lipinski definition) is 5. The summed E-state index contributed by atoms with van der Waals surface area (Å²) in [6.45, 7) is 3.13. The highest BCUT2D eigenvalue weighted by Crippen LogP contribution is 2.07. The lowest BCUT2D eigenvalue weighted by molar-refractivity contribution is 0.122. The predicted octanol–water partition coefficient (Wildman–Crippen LogP) is 0.0175. The van der Waals surface area contributed by atoms with Crippen molar-refractivity contribution in [2.75, 3.05) is 13.2 Å². The first-order chi connectivity index (χ1) is 6.38. The van der Waals surface area contributed by atoms with Crippen molar-refractivity contribution in [1.82, 2.24) is 15.4 Å². The van der Waals surface area contributed by atoms with Gasteiger partial charge in [0.1, 0.15) is 6.33 Å². The fourth-order valence-corrected chi connectivity index (χ4v) is 0.962. The van der Waals surface area contributed by atoms with Crippen LogP contribution in [0.2, 0.25) is 0 Å².